The van der Waals surface area contributed by atoms with Crippen molar-refractivity contribution in [2.45, 2.75) is 25.7 Å². The van der Waals surface area contributed by atoms with Gasteiger partial charge in [-0.2, -0.15) is 0 Å². The Morgan fingerprint density at radius 1 is 0.923 bits per heavy atom. The first-order valence-corrected chi connectivity index (χ1v) is 8.90. The molecule has 2 aromatic heterocycles. The second kappa shape index (κ2) is 6.06. The van der Waals surface area contributed by atoms with Crippen LogP contribution in [-0.4, -0.2) is 21.0 Å². The summed E-state index contributed by atoms with van der Waals surface area (Å²) in [6.45, 7) is 4.14. The van der Waals surface area contributed by atoms with E-state index in [1.54, 1.807) is 0 Å². The van der Waals surface area contributed by atoms with Crippen molar-refractivity contribution in [1.29, 1.82) is 0 Å². The lowest BCUT2D eigenvalue weighted by Gasteiger charge is -2.31. The highest BCUT2D eigenvalue weighted by molar-refractivity contribution is 5.99. The maximum Gasteiger partial charge on any atom is 0.318 e. The van der Waals surface area contributed by atoms with E-state index in [1.165, 1.54) is 0 Å². The molecule has 4 nitrogen and oxygen atoms in total. The third-order valence-corrected chi connectivity index (χ3v) is 5.18. The van der Waals surface area contributed by atoms with Gasteiger partial charge < -0.3 is 15.1 Å². The van der Waals surface area contributed by atoms with Crippen LogP contribution >= 0.6 is 0 Å². The van der Waals surface area contributed by atoms with Gasteiger partial charge in [0, 0.05) is 34.2 Å². The fraction of sp³-hybridized carbons (Fsp3) is 0.227. The van der Waals surface area contributed by atoms with Crippen LogP contribution in [-0.2, 0) is 10.2 Å². The second-order valence-corrected chi connectivity index (χ2v) is 7.30. The molecule has 4 aromatic rings. The molecule has 2 aromatic carbocycles. The number of aliphatic carboxylic acids is 1. The molecule has 0 saturated carbocycles. The molecule has 0 spiro atoms. The molecule has 4 heteroatoms. The van der Waals surface area contributed by atoms with Gasteiger partial charge in [-0.3, -0.25) is 4.79 Å². The SMILES string of the molecule is CC(C)CC(C(=O)O)(c1c[nH]c2ccccc12)c1c[nH]c2ccccc12. The molecule has 0 bridgehead atoms. The maximum absolute atomic E-state index is 12.8. The zero-order valence-corrected chi connectivity index (χ0v) is 14.9. The number of fused-ring (bicyclic) bond motifs is 2. The molecule has 0 amide bonds. The minimum atomic E-state index is -1.12. The Hall–Kier alpha value is -3.01. The van der Waals surface area contributed by atoms with Gasteiger partial charge in [0.15, 0.2) is 0 Å². The molecular formula is C22H22N2O2. The summed E-state index contributed by atoms with van der Waals surface area (Å²) >= 11 is 0. The van der Waals surface area contributed by atoms with Crippen LogP contribution in [0.15, 0.2) is 60.9 Å². The van der Waals surface area contributed by atoms with Gasteiger partial charge in [-0.1, -0.05) is 50.2 Å². The summed E-state index contributed by atoms with van der Waals surface area (Å²) in [4.78, 5) is 19.3. The van der Waals surface area contributed by atoms with E-state index in [0.29, 0.717) is 6.42 Å². The van der Waals surface area contributed by atoms with Crippen LogP contribution in [0.4, 0.5) is 0 Å². The minimum absolute atomic E-state index is 0.216. The van der Waals surface area contributed by atoms with Gasteiger partial charge in [0.1, 0.15) is 5.41 Å². The molecule has 2 heterocycles. The Labute approximate surface area is 151 Å². The van der Waals surface area contributed by atoms with Crippen molar-refractivity contribution in [2.75, 3.05) is 0 Å². The molecule has 0 aliphatic heterocycles. The Bertz CT molecular complexity index is 1010. The smallest absolute Gasteiger partial charge is 0.318 e. The van der Waals surface area contributed by atoms with E-state index in [1.807, 2.05) is 60.9 Å². The van der Waals surface area contributed by atoms with Gasteiger partial charge in [0.05, 0.1) is 0 Å². The highest BCUT2D eigenvalue weighted by atomic mass is 16.4. The molecule has 0 aliphatic rings. The van der Waals surface area contributed by atoms with Crippen molar-refractivity contribution < 1.29 is 9.90 Å². The number of carbonyl (C=O) groups is 1. The first-order valence-electron chi connectivity index (χ1n) is 8.90. The average molecular weight is 346 g/mol. The first kappa shape index (κ1) is 16.5. The van der Waals surface area contributed by atoms with Gasteiger partial charge in [-0.05, 0) is 35.6 Å². The highest BCUT2D eigenvalue weighted by Gasteiger charge is 2.45. The number of benzene rings is 2. The lowest BCUT2D eigenvalue weighted by molar-refractivity contribution is -0.142. The summed E-state index contributed by atoms with van der Waals surface area (Å²) in [6.07, 6.45) is 4.25. The molecule has 0 radical (unpaired) electrons. The first-order chi connectivity index (χ1) is 12.5. The Morgan fingerprint density at radius 3 is 1.81 bits per heavy atom. The van der Waals surface area contributed by atoms with Crippen molar-refractivity contribution >= 4 is 27.8 Å². The monoisotopic (exact) mass is 346 g/mol. The molecule has 132 valence electrons. The van der Waals surface area contributed by atoms with Crippen LogP contribution in [0, 0.1) is 5.92 Å². The van der Waals surface area contributed by atoms with E-state index >= 15 is 0 Å². The predicted octanol–water partition coefficient (Wildman–Crippen LogP) is 5.07. The molecule has 4 rings (SSSR count). The van der Waals surface area contributed by atoms with E-state index in [4.69, 9.17) is 0 Å². The number of hydrogen-bond donors (Lipinski definition) is 3. The number of hydrogen-bond acceptors (Lipinski definition) is 1. The topological polar surface area (TPSA) is 68.9 Å². The van der Waals surface area contributed by atoms with Crippen molar-refractivity contribution in [3.05, 3.63) is 72.1 Å². The summed E-state index contributed by atoms with van der Waals surface area (Å²) < 4.78 is 0. The Balaban J connectivity index is 2.09. The Kier molecular flexibility index (Phi) is 3.83. The van der Waals surface area contributed by atoms with E-state index < -0.39 is 11.4 Å². The lowest BCUT2D eigenvalue weighted by atomic mass is 9.69. The number of nitrogens with one attached hydrogen (secondary N) is 2. The predicted molar refractivity (Wildman–Crippen MR) is 104 cm³/mol. The summed E-state index contributed by atoms with van der Waals surface area (Å²) in [5.41, 5.74) is 2.43. The number of rotatable bonds is 5. The zero-order chi connectivity index (χ0) is 18.3. The van der Waals surface area contributed by atoms with E-state index in [2.05, 4.69) is 23.8 Å². The highest BCUT2D eigenvalue weighted by Crippen LogP contribution is 2.44. The lowest BCUT2D eigenvalue weighted by Crippen LogP contribution is -2.38. The van der Waals surface area contributed by atoms with Crippen LogP contribution in [0.3, 0.4) is 0 Å². The summed E-state index contributed by atoms with van der Waals surface area (Å²) in [5, 5.41) is 12.4. The van der Waals surface area contributed by atoms with Crippen LogP contribution in [0.25, 0.3) is 21.8 Å². The van der Waals surface area contributed by atoms with Gasteiger partial charge in [-0.25, -0.2) is 0 Å². The van der Waals surface area contributed by atoms with Gasteiger partial charge >= 0.3 is 5.97 Å². The third kappa shape index (κ3) is 2.33. The van der Waals surface area contributed by atoms with Crippen molar-refractivity contribution in [3.8, 4) is 0 Å². The maximum atomic E-state index is 12.8. The molecule has 0 aliphatic carbocycles. The van der Waals surface area contributed by atoms with Crippen molar-refractivity contribution in [1.82, 2.24) is 9.97 Å². The average Bonchev–Trinajstić information content (AvgIpc) is 3.24. The summed E-state index contributed by atoms with van der Waals surface area (Å²) in [6, 6.07) is 15.8. The van der Waals surface area contributed by atoms with Crippen molar-refractivity contribution in [3.63, 3.8) is 0 Å². The van der Waals surface area contributed by atoms with E-state index in [-0.39, 0.29) is 5.92 Å². The zero-order valence-electron chi connectivity index (χ0n) is 14.9. The third-order valence-electron chi connectivity index (χ3n) is 5.18. The molecule has 26 heavy (non-hydrogen) atoms. The van der Waals surface area contributed by atoms with Crippen LogP contribution in [0.2, 0.25) is 0 Å². The molecular weight excluding hydrogens is 324 g/mol. The number of aromatic amines is 2. The standard InChI is InChI=1S/C22H22N2O2/c1-14(2)11-22(21(25)26,17-12-23-19-9-5-3-7-15(17)19)18-13-24-20-10-6-4-8-16(18)20/h3-10,12-14,23-24H,11H2,1-2H3,(H,25,26). The second-order valence-electron chi connectivity index (χ2n) is 7.30. The molecule has 0 atom stereocenters. The fourth-order valence-corrected chi connectivity index (χ4v) is 4.14. The largest absolute Gasteiger partial charge is 0.480 e. The quantitative estimate of drug-likeness (QED) is 0.472. The number of para-hydroxylation sites is 2. The van der Waals surface area contributed by atoms with Gasteiger partial charge in [0.25, 0.3) is 0 Å². The summed E-state index contributed by atoms with van der Waals surface area (Å²) in [7, 11) is 0. The van der Waals surface area contributed by atoms with Crippen molar-refractivity contribution in [2.24, 2.45) is 5.92 Å². The van der Waals surface area contributed by atoms with Gasteiger partial charge in [-0.15, -0.1) is 0 Å². The van der Waals surface area contributed by atoms with Crippen LogP contribution in [0.1, 0.15) is 31.4 Å². The van der Waals surface area contributed by atoms with Crippen LogP contribution < -0.4 is 0 Å². The minimum Gasteiger partial charge on any atom is -0.480 e. The number of aromatic nitrogens is 2. The Morgan fingerprint density at radius 2 is 1.38 bits per heavy atom. The number of H-pyrrole nitrogens is 2. The fourth-order valence-electron chi connectivity index (χ4n) is 4.14. The molecule has 0 saturated heterocycles. The summed E-state index contributed by atoms with van der Waals surface area (Å²) in [5.74, 6) is -0.603. The van der Waals surface area contributed by atoms with E-state index in [9.17, 15) is 9.90 Å². The molecule has 3 N–H and O–H groups in total. The number of carboxylic acid groups (broad SMARTS) is 1. The normalized spacial score (nSPS) is 12.3. The van der Waals surface area contributed by atoms with Gasteiger partial charge in [0.2, 0.25) is 0 Å². The molecule has 0 fully saturated rings. The number of carboxylic acids is 1. The molecule has 0 unspecified atom stereocenters. The van der Waals surface area contributed by atoms with Crippen LogP contribution in [0.5, 0.6) is 0 Å². The van der Waals surface area contributed by atoms with E-state index in [0.717, 1.165) is 32.9 Å².